The van der Waals surface area contributed by atoms with E-state index in [1.807, 2.05) is 12.1 Å². The van der Waals surface area contributed by atoms with Crippen molar-refractivity contribution < 1.29 is 23.8 Å². The van der Waals surface area contributed by atoms with Crippen molar-refractivity contribution in [1.29, 1.82) is 0 Å². The van der Waals surface area contributed by atoms with Crippen molar-refractivity contribution in [3.8, 4) is 11.5 Å². The monoisotopic (exact) mass is 546 g/mol. The molecule has 2 aromatic carbocycles. The summed E-state index contributed by atoms with van der Waals surface area (Å²) in [6.45, 7) is 1.93. The molecule has 0 aliphatic rings. The molecular weight excluding hydrogens is 524 g/mol. The van der Waals surface area contributed by atoms with Gasteiger partial charge < -0.3 is 19.5 Å². The van der Waals surface area contributed by atoms with Gasteiger partial charge in [-0.3, -0.25) is 15.0 Å². The maximum Gasteiger partial charge on any atom is 0.311 e. The fourth-order valence-electron chi connectivity index (χ4n) is 2.72. The Morgan fingerprint density at radius 2 is 1.97 bits per heavy atom. The molecule has 0 spiro atoms. The summed E-state index contributed by atoms with van der Waals surface area (Å²) in [5.74, 6) is 0.293. The third-order valence-corrected chi connectivity index (χ3v) is 5.56. The number of benzene rings is 2. The van der Waals surface area contributed by atoms with Gasteiger partial charge in [0.2, 0.25) is 5.13 Å². The SMILES string of the molecule is CCOC(=O)Cc1csc(NN=Cc2ccc(OCC(=O)Nc3ccc(Br)cc3)c(OC)c2)n1. The number of rotatable bonds is 11. The van der Waals surface area contributed by atoms with Crippen LogP contribution in [0.25, 0.3) is 0 Å². The summed E-state index contributed by atoms with van der Waals surface area (Å²) in [4.78, 5) is 28.0. The number of aromatic nitrogens is 1. The predicted octanol–water partition coefficient (Wildman–Crippen LogP) is 4.48. The normalized spacial score (nSPS) is 10.7. The Balaban J connectivity index is 1.52. The number of ether oxygens (including phenoxy) is 3. The second-order valence-corrected chi connectivity index (χ2v) is 8.52. The number of hydrogen-bond donors (Lipinski definition) is 2. The molecule has 34 heavy (non-hydrogen) atoms. The van der Waals surface area contributed by atoms with Gasteiger partial charge in [-0.05, 0) is 55.0 Å². The van der Waals surface area contributed by atoms with Crippen LogP contribution < -0.4 is 20.2 Å². The number of nitrogens with zero attached hydrogens (tertiary/aromatic N) is 2. The number of amides is 1. The molecule has 0 atom stereocenters. The van der Waals surface area contributed by atoms with Gasteiger partial charge in [-0.1, -0.05) is 15.9 Å². The highest BCUT2D eigenvalue weighted by molar-refractivity contribution is 9.10. The number of hydrazone groups is 1. The van der Waals surface area contributed by atoms with Crippen LogP contribution in [-0.4, -0.2) is 43.4 Å². The van der Waals surface area contributed by atoms with E-state index < -0.39 is 0 Å². The number of methoxy groups -OCH3 is 1. The van der Waals surface area contributed by atoms with Crippen LogP contribution >= 0.6 is 27.3 Å². The summed E-state index contributed by atoms with van der Waals surface area (Å²) < 4.78 is 16.8. The average Bonchev–Trinajstić information content (AvgIpc) is 3.26. The molecule has 0 unspecified atom stereocenters. The topological polar surface area (TPSA) is 111 Å². The molecule has 1 amide bonds. The van der Waals surface area contributed by atoms with Crippen molar-refractivity contribution in [2.75, 3.05) is 31.1 Å². The maximum atomic E-state index is 12.2. The molecule has 3 aromatic rings. The van der Waals surface area contributed by atoms with Crippen LogP contribution in [0.4, 0.5) is 10.8 Å². The van der Waals surface area contributed by atoms with Crippen molar-refractivity contribution >= 4 is 56.2 Å². The van der Waals surface area contributed by atoms with Gasteiger partial charge in [-0.25, -0.2) is 4.98 Å². The summed E-state index contributed by atoms with van der Waals surface area (Å²) in [5.41, 5.74) is 4.88. The van der Waals surface area contributed by atoms with Gasteiger partial charge in [0.15, 0.2) is 18.1 Å². The van der Waals surface area contributed by atoms with Crippen molar-refractivity contribution in [2.24, 2.45) is 5.10 Å². The Morgan fingerprint density at radius 3 is 2.71 bits per heavy atom. The molecule has 1 aromatic heterocycles. The first-order chi connectivity index (χ1) is 16.5. The van der Waals surface area contributed by atoms with Crippen LogP contribution in [0.5, 0.6) is 11.5 Å². The molecule has 2 N–H and O–H groups in total. The second-order valence-electron chi connectivity index (χ2n) is 6.75. The first-order valence-corrected chi connectivity index (χ1v) is 11.9. The van der Waals surface area contributed by atoms with E-state index in [0.29, 0.717) is 34.6 Å². The number of esters is 1. The van der Waals surface area contributed by atoms with E-state index in [2.05, 4.69) is 36.8 Å². The highest BCUT2D eigenvalue weighted by Gasteiger charge is 2.10. The average molecular weight is 547 g/mol. The lowest BCUT2D eigenvalue weighted by atomic mass is 10.2. The van der Waals surface area contributed by atoms with Crippen molar-refractivity contribution in [3.05, 3.63) is 63.6 Å². The lowest BCUT2D eigenvalue weighted by Crippen LogP contribution is -2.20. The van der Waals surface area contributed by atoms with Gasteiger partial charge in [0.1, 0.15) is 0 Å². The summed E-state index contributed by atoms with van der Waals surface area (Å²) in [6.07, 6.45) is 1.72. The molecule has 1 heterocycles. The number of nitrogens with one attached hydrogen (secondary N) is 2. The van der Waals surface area contributed by atoms with Crippen molar-refractivity contribution in [3.63, 3.8) is 0 Å². The first-order valence-electron chi connectivity index (χ1n) is 10.2. The molecule has 9 nitrogen and oxygen atoms in total. The summed E-state index contributed by atoms with van der Waals surface area (Å²) in [6, 6.07) is 12.5. The Kier molecular flexibility index (Phi) is 9.41. The standard InChI is InChI=1S/C23H23BrN4O5S/c1-3-32-22(30)11-18-14-34-23(27-18)28-25-12-15-4-9-19(20(10-15)31-2)33-13-21(29)26-17-7-5-16(24)6-8-17/h4-10,12,14H,3,11,13H2,1-2H3,(H,26,29)(H,27,28). The van der Waals surface area contributed by atoms with Crippen LogP contribution in [0.2, 0.25) is 0 Å². The van der Waals surface area contributed by atoms with Crippen LogP contribution in [0.15, 0.2) is 57.4 Å². The predicted molar refractivity (Wildman–Crippen MR) is 135 cm³/mol. The van der Waals surface area contributed by atoms with Gasteiger partial charge in [0.05, 0.1) is 32.0 Å². The van der Waals surface area contributed by atoms with E-state index in [-0.39, 0.29) is 24.9 Å². The van der Waals surface area contributed by atoms with Crippen LogP contribution in [0.3, 0.4) is 0 Å². The molecule has 0 radical (unpaired) electrons. The van der Waals surface area contributed by atoms with Crippen LogP contribution in [0, 0.1) is 0 Å². The second kappa shape index (κ2) is 12.7. The van der Waals surface area contributed by atoms with Crippen molar-refractivity contribution in [2.45, 2.75) is 13.3 Å². The summed E-state index contributed by atoms with van der Waals surface area (Å²) >= 11 is 4.69. The largest absolute Gasteiger partial charge is 0.493 e. The van der Waals surface area contributed by atoms with Crippen LogP contribution in [-0.2, 0) is 20.7 Å². The molecular formula is C23H23BrN4O5S. The number of carbonyl (C=O) groups excluding carboxylic acids is 2. The quantitative estimate of drug-likeness (QED) is 0.207. The molecule has 0 aliphatic carbocycles. The van der Waals surface area contributed by atoms with Gasteiger partial charge in [-0.2, -0.15) is 5.10 Å². The van der Waals surface area contributed by atoms with Crippen molar-refractivity contribution in [1.82, 2.24) is 4.98 Å². The summed E-state index contributed by atoms with van der Waals surface area (Å²) in [5, 5.41) is 9.26. The molecule has 11 heteroatoms. The third-order valence-electron chi connectivity index (χ3n) is 4.23. The lowest BCUT2D eigenvalue weighted by Gasteiger charge is -2.11. The molecule has 0 bridgehead atoms. The molecule has 0 aliphatic heterocycles. The zero-order chi connectivity index (χ0) is 24.3. The Morgan fingerprint density at radius 1 is 1.18 bits per heavy atom. The fraction of sp³-hybridized carbons (Fsp3) is 0.217. The zero-order valence-corrected chi connectivity index (χ0v) is 20.9. The van der Waals surface area contributed by atoms with Gasteiger partial charge in [-0.15, -0.1) is 11.3 Å². The minimum Gasteiger partial charge on any atom is -0.493 e. The molecule has 0 saturated carbocycles. The highest BCUT2D eigenvalue weighted by Crippen LogP contribution is 2.27. The number of hydrogen-bond acceptors (Lipinski definition) is 9. The number of carbonyl (C=O) groups is 2. The summed E-state index contributed by atoms with van der Waals surface area (Å²) in [7, 11) is 1.52. The zero-order valence-electron chi connectivity index (χ0n) is 18.5. The number of thiazole rings is 1. The van der Waals surface area contributed by atoms with E-state index in [4.69, 9.17) is 14.2 Å². The minimum atomic E-state index is -0.317. The smallest absolute Gasteiger partial charge is 0.311 e. The van der Waals surface area contributed by atoms with Crippen LogP contribution in [0.1, 0.15) is 18.2 Å². The maximum absolute atomic E-state index is 12.2. The fourth-order valence-corrected chi connectivity index (χ4v) is 3.64. The first kappa shape index (κ1) is 25.2. The molecule has 0 saturated heterocycles. The third kappa shape index (κ3) is 7.85. The lowest BCUT2D eigenvalue weighted by molar-refractivity contribution is -0.142. The Labute approximate surface area is 209 Å². The highest BCUT2D eigenvalue weighted by atomic mass is 79.9. The molecule has 178 valence electrons. The number of halogens is 1. The van der Waals surface area contributed by atoms with Gasteiger partial charge in [0, 0.05) is 15.5 Å². The number of anilines is 2. The van der Waals surface area contributed by atoms with E-state index in [1.165, 1.54) is 18.4 Å². The van der Waals surface area contributed by atoms with E-state index in [1.54, 1.807) is 48.9 Å². The molecule has 0 fully saturated rings. The Bertz CT molecular complexity index is 1150. The van der Waals surface area contributed by atoms with Gasteiger partial charge >= 0.3 is 5.97 Å². The minimum absolute atomic E-state index is 0.121. The Hall–Kier alpha value is -3.44. The van der Waals surface area contributed by atoms with E-state index >= 15 is 0 Å². The van der Waals surface area contributed by atoms with Gasteiger partial charge in [0.25, 0.3) is 5.91 Å². The van der Waals surface area contributed by atoms with E-state index in [9.17, 15) is 9.59 Å². The molecule has 3 rings (SSSR count). The van der Waals surface area contributed by atoms with E-state index in [0.717, 1.165) is 10.0 Å².